The summed E-state index contributed by atoms with van der Waals surface area (Å²) in [5.41, 5.74) is 1.26. The number of fused-ring (bicyclic) bond motifs is 3. The lowest BCUT2D eigenvalue weighted by atomic mass is 9.85. The zero-order valence-corrected chi connectivity index (χ0v) is 11.6. The second-order valence-corrected chi connectivity index (χ2v) is 6.13. The lowest BCUT2D eigenvalue weighted by Crippen LogP contribution is -2.43. The predicted octanol–water partition coefficient (Wildman–Crippen LogP) is 3.44. The van der Waals surface area contributed by atoms with E-state index in [1.54, 1.807) is 0 Å². The summed E-state index contributed by atoms with van der Waals surface area (Å²) in [4.78, 5) is 6.93. The van der Waals surface area contributed by atoms with Gasteiger partial charge in [0, 0.05) is 6.20 Å². The molecule has 0 fully saturated rings. The number of rotatable bonds is 2. The summed E-state index contributed by atoms with van der Waals surface area (Å²) in [6.45, 7) is 2.18. The molecular formula is C15H15N3S. The van der Waals surface area contributed by atoms with Crippen molar-refractivity contribution in [2.75, 3.05) is 10.7 Å². The molecular weight excluding hydrogens is 254 g/mol. The van der Waals surface area contributed by atoms with E-state index in [0.29, 0.717) is 0 Å². The van der Waals surface area contributed by atoms with Crippen LogP contribution in [-0.2, 0) is 0 Å². The smallest absolute Gasteiger partial charge is 0.216 e. The van der Waals surface area contributed by atoms with Crippen LogP contribution in [0.1, 0.15) is 13.3 Å². The van der Waals surface area contributed by atoms with Gasteiger partial charge >= 0.3 is 0 Å². The Morgan fingerprint density at radius 2 is 2.32 bits per heavy atom. The Morgan fingerprint density at radius 1 is 1.37 bits per heavy atom. The first-order chi connectivity index (χ1) is 9.37. The summed E-state index contributed by atoms with van der Waals surface area (Å²) < 4.78 is 2.30. The Labute approximate surface area is 117 Å². The van der Waals surface area contributed by atoms with Gasteiger partial charge in [0.05, 0.1) is 11.9 Å². The van der Waals surface area contributed by atoms with Gasteiger partial charge in [0.2, 0.25) is 5.95 Å². The highest BCUT2D eigenvalue weighted by Crippen LogP contribution is 2.49. The van der Waals surface area contributed by atoms with Crippen molar-refractivity contribution < 1.29 is 0 Å². The van der Waals surface area contributed by atoms with Crippen molar-refractivity contribution in [3.63, 3.8) is 0 Å². The third kappa shape index (κ3) is 1.32. The monoisotopic (exact) mass is 269 g/mol. The van der Waals surface area contributed by atoms with Crippen molar-refractivity contribution in [1.29, 1.82) is 0 Å². The highest BCUT2D eigenvalue weighted by atomic mass is 32.2. The Morgan fingerprint density at radius 3 is 3.21 bits per heavy atom. The molecule has 96 valence electrons. The van der Waals surface area contributed by atoms with Gasteiger partial charge in [-0.1, -0.05) is 31.2 Å². The summed E-state index contributed by atoms with van der Waals surface area (Å²) >= 11 is 1.85. The van der Waals surface area contributed by atoms with Gasteiger partial charge < -0.3 is 4.90 Å². The van der Waals surface area contributed by atoms with Crippen LogP contribution >= 0.6 is 11.8 Å². The van der Waals surface area contributed by atoms with Crippen LogP contribution in [-0.4, -0.2) is 20.8 Å². The van der Waals surface area contributed by atoms with Crippen molar-refractivity contribution in [2.45, 2.75) is 23.9 Å². The number of thioether (sulfide) groups is 1. The Kier molecular flexibility index (Phi) is 2.30. The van der Waals surface area contributed by atoms with E-state index in [0.717, 1.165) is 18.1 Å². The largest absolute Gasteiger partial charge is 0.303 e. The summed E-state index contributed by atoms with van der Waals surface area (Å²) in [5, 5.41) is 1.23. The van der Waals surface area contributed by atoms with E-state index in [1.165, 1.54) is 10.7 Å². The first-order valence-electron chi connectivity index (χ1n) is 6.60. The fourth-order valence-corrected chi connectivity index (χ4v) is 3.81. The predicted molar refractivity (Wildman–Crippen MR) is 80.1 cm³/mol. The van der Waals surface area contributed by atoms with Gasteiger partial charge in [-0.25, -0.2) is 4.98 Å². The second-order valence-electron chi connectivity index (χ2n) is 4.84. The zero-order chi connectivity index (χ0) is 12.9. The molecule has 1 aromatic rings. The quantitative estimate of drug-likeness (QED) is 0.767. The van der Waals surface area contributed by atoms with E-state index >= 15 is 0 Å². The number of imidazole rings is 1. The average molecular weight is 269 g/mol. The molecule has 3 heterocycles. The number of aromatic nitrogens is 2. The fourth-order valence-electron chi connectivity index (χ4n) is 3.08. The van der Waals surface area contributed by atoms with E-state index in [1.807, 2.05) is 18.0 Å². The highest BCUT2D eigenvalue weighted by molar-refractivity contribution is 7.99. The number of nitrogens with zero attached hydrogens (tertiary/aromatic N) is 3. The van der Waals surface area contributed by atoms with E-state index in [2.05, 4.69) is 64.0 Å². The maximum Gasteiger partial charge on any atom is 0.216 e. The summed E-state index contributed by atoms with van der Waals surface area (Å²) in [6.07, 6.45) is 18.2. The van der Waals surface area contributed by atoms with Crippen molar-refractivity contribution >= 4 is 23.4 Å². The molecule has 0 saturated carbocycles. The van der Waals surface area contributed by atoms with Crippen molar-refractivity contribution in [2.24, 2.45) is 0 Å². The van der Waals surface area contributed by atoms with Crippen LogP contribution in [0.5, 0.6) is 0 Å². The molecule has 1 atom stereocenters. The van der Waals surface area contributed by atoms with Gasteiger partial charge in [0.1, 0.15) is 10.6 Å². The standard InChI is InChI=1S/C15H15N3S/c1-2-19-13-11-16-14-17-10-6-5-9-15(17)8-4-3-7-12(15)18(13)14/h3-7,9-11H,2,8H2,1H3. The molecule has 1 spiro atoms. The van der Waals surface area contributed by atoms with Gasteiger partial charge in [0.25, 0.3) is 0 Å². The molecule has 2 aliphatic heterocycles. The number of anilines is 1. The van der Waals surface area contributed by atoms with Crippen LogP contribution in [0.3, 0.4) is 0 Å². The fraction of sp³-hybridized carbons (Fsp3) is 0.267. The molecule has 0 aromatic carbocycles. The van der Waals surface area contributed by atoms with Crippen LogP contribution < -0.4 is 4.90 Å². The normalized spacial score (nSPS) is 26.2. The molecule has 19 heavy (non-hydrogen) atoms. The van der Waals surface area contributed by atoms with Gasteiger partial charge in [0.15, 0.2) is 0 Å². The Balaban J connectivity index is 1.96. The second kappa shape index (κ2) is 3.90. The molecule has 0 N–H and O–H groups in total. The van der Waals surface area contributed by atoms with E-state index < -0.39 is 0 Å². The van der Waals surface area contributed by atoms with E-state index in [9.17, 15) is 0 Å². The minimum Gasteiger partial charge on any atom is -0.303 e. The zero-order valence-electron chi connectivity index (χ0n) is 10.8. The first-order valence-corrected chi connectivity index (χ1v) is 7.59. The van der Waals surface area contributed by atoms with Crippen LogP contribution in [0, 0.1) is 0 Å². The molecule has 1 aliphatic carbocycles. The van der Waals surface area contributed by atoms with Crippen LogP contribution in [0.25, 0.3) is 5.70 Å². The molecule has 4 heteroatoms. The molecule has 1 aromatic heterocycles. The van der Waals surface area contributed by atoms with Gasteiger partial charge in [-0.2, -0.15) is 0 Å². The molecule has 0 bridgehead atoms. The number of hydrogen-bond donors (Lipinski definition) is 0. The summed E-state index contributed by atoms with van der Waals surface area (Å²) in [7, 11) is 0. The third-order valence-corrected chi connectivity index (χ3v) is 4.74. The summed E-state index contributed by atoms with van der Waals surface area (Å²) in [6, 6.07) is 0. The molecule has 4 rings (SSSR count). The molecule has 0 saturated heterocycles. The SMILES string of the molecule is CCSc1cnc2n1C1=CC=CCC13C=CC=CN23. The van der Waals surface area contributed by atoms with Crippen molar-refractivity contribution in [3.8, 4) is 0 Å². The number of allylic oxidation sites excluding steroid dienone is 4. The van der Waals surface area contributed by atoms with Crippen molar-refractivity contribution in [3.05, 3.63) is 48.9 Å². The maximum absolute atomic E-state index is 4.63. The van der Waals surface area contributed by atoms with Crippen LogP contribution in [0.4, 0.5) is 5.95 Å². The molecule has 3 aliphatic rings. The first kappa shape index (κ1) is 11.2. The van der Waals surface area contributed by atoms with E-state index in [4.69, 9.17) is 0 Å². The Hall–Kier alpha value is -1.68. The highest BCUT2D eigenvalue weighted by Gasteiger charge is 2.48. The van der Waals surface area contributed by atoms with Gasteiger partial charge in [-0.05, 0) is 24.3 Å². The maximum atomic E-state index is 4.63. The molecule has 3 nitrogen and oxygen atoms in total. The lowest BCUT2D eigenvalue weighted by Gasteiger charge is -2.37. The van der Waals surface area contributed by atoms with Crippen LogP contribution in [0.15, 0.2) is 53.9 Å². The molecule has 0 amide bonds. The lowest BCUT2D eigenvalue weighted by molar-refractivity contribution is 0.652. The van der Waals surface area contributed by atoms with E-state index in [-0.39, 0.29) is 5.54 Å². The van der Waals surface area contributed by atoms with Crippen molar-refractivity contribution in [1.82, 2.24) is 9.55 Å². The minimum absolute atomic E-state index is 0.0594. The van der Waals surface area contributed by atoms with Crippen LogP contribution in [0.2, 0.25) is 0 Å². The van der Waals surface area contributed by atoms with Gasteiger partial charge in [-0.3, -0.25) is 4.57 Å². The topological polar surface area (TPSA) is 21.1 Å². The number of hydrogen-bond acceptors (Lipinski definition) is 3. The molecule has 0 radical (unpaired) electrons. The average Bonchev–Trinajstić information content (AvgIpc) is 2.96. The summed E-state index contributed by atoms with van der Waals surface area (Å²) in [5.74, 6) is 2.10. The molecule has 1 unspecified atom stereocenters. The minimum atomic E-state index is -0.0594. The third-order valence-electron chi connectivity index (χ3n) is 3.87. The van der Waals surface area contributed by atoms with Gasteiger partial charge in [-0.15, -0.1) is 11.8 Å². The Bertz CT molecular complexity index is 650.